The van der Waals surface area contributed by atoms with Crippen molar-refractivity contribution in [3.8, 4) is 23.7 Å². The van der Waals surface area contributed by atoms with Gasteiger partial charge in [-0.05, 0) is 75.2 Å². The third kappa shape index (κ3) is 10.7. The number of nitriles is 1. The standard InChI is InChI=1S/C27H32N2O.ClH/c1-5-16-29(17-8-6-7-15-27(2,3)4)21-24-12-10-14-26(19-24)30-22-25-13-9-11-23(18-25)20-28;/h6,8-14,18-19H,5,16-17,21-22H2,1-4H3;1H. The van der Waals surface area contributed by atoms with Crippen molar-refractivity contribution in [1.82, 2.24) is 4.90 Å². The second kappa shape index (κ2) is 13.6. The van der Waals surface area contributed by atoms with Crippen molar-refractivity contribution in [2.24, 2.45) is 5.41 Å². The summed E-state index contributed by atoms with van der Waals surface area (Å²) < 4.78 is 5.96. The number of halogens is 1. The largest absolute Gasteiger partial charge is 0.489 e. The summed E-state index contributed by atoms with van der Waals surface area (Å²) >= 11 is 0. The fraction of sp³-hybridized carbons (Fsp3) is 0.370. The summed E-state index contributed by atoms with van der Waals surface area (Å²) in [7, 11) is 0. The van der Waals surface area contributed by atoms with E-state index in [1.54, 1.807) is 6.07 Å². The SMILES string of the molecule is CCCN(CC=CC#CC(C)(C)C)Cc1cccc(OCc2cccc(C#N)c2)c1.Cl. The van der Waals surface area contributed by atoms with Gasteiger partial charge in [0.1, 0.15) is 12.4 Å². The predicted octanol–water partition coefficient (Wildman–Crippen LogP) is 6.38. The van der Waals surface area contributed by atoms with Crippen LogP contribution in [0, 0.1) is 28.6 Å². The third-order valence-electron chi connectivity index (χ3n) is 4.32. The second-order valence-electron chi connectivity index (χ2n) is 8.41. The van der Waals surface area contributed by atoms with Crippen LogP contribution < -0.4 is 4.74 Å². The maximum absolute atomic E-state index is 9.03. The molecular formula is C27H33ClN2O. The van der Waals surface area contributed by atoms with Crippen LogP contribution in [0.3, 0.4) is 0 Å². The summed E-state index contributed by atoms with van der Waals surface area (Å²) in [6, 6.07) is 17.9. The first-order chi connectivity index (χ1) is 14.4. The van der Waals surface area contributed by atoms with Crippen LogP contribution in [0.5, 0.6) is 5.75 Å². The molecule has 0 heterocycles. The second-order valence-corrected chi connectivity index (χ2v) is 8.41. The van der Waals surface area contributed by atoms with Crippen LogP contribution >= 0.6 is 12.4 Å². The number of benzene rings is 2. The quantitative estimate of drug-likeness (QED) is 0.428. The maximum Gasteiger partial charge on any atom is 0.120 e. The van der Waals surface area contributed by atoms with Crippen LogP contribution in [0.25, 0.3) is 0 Å². The number of allylic oxidation sites excluding steroid dienone is 1. The number of hydrogen-bond donors (Lipinski definition) is 0. The lowest BCUT2D eigenvalue weighted by atomic mass is 9.98. The Morgan fingerprint density at radius 3 is 2.52 bits per heavy atom. The van der Waals surface area contributed by atoms with Crippen molar-refractivity contribution in [3.63, 3.8) is 0 Å². The number of nitrogens with zero attached hydrogens (tertiary/aromatic N) is 2. The van der Waals surface area contributed by atoms with Gasteiger partial charge in [0.05, 0.1) is 11.6 Å². The van der Waals surface area contributed by atoms with E-state index in [0.29, 0.717) is 12.2 Å². The fourth-order valence-corrected chi connectivity index (χ4v) is 2.96. The molecule has 0 amide bonds. The lowest BCUT2D eigenvalue weighted by molar-refractivity contribution is 0.290. The summed E-state index contributed by atoms with van der Waals surface area (Å²) in [5.41, 5.74) is 2.90. The molecule has 0 bridgehead atoms. The molecule has 2 aromatic carbocycles. The average molecular weight is 437 g/mol. The molecule has 0 fully saturated rings. The molecule has 0 aliphatic rings. The molecule has 0 radical (unpaired) electrons. The Morgan fingerprint density at radius 2 is 1.81 bits per heavy atom. The van der Waals surface area contributed by atoms with Crippen molar-refractivity contribution in [1.29, 1.82) is 5.26 Å². The van der Waals surface area contributed by atoms with Gasteiger partial charge in [0, 0.05) is 18.5 Å². The molecule has 0 atom stereocenters. The highest BCUT2D eigenvalue weighted by Crippen LogP contribution is 2.17. The molecule has 0 aliphatic heterocycles. The molecule has 0 saturated heterocycles. The monoisotopic (exact) mass is 436 g/mol. The lowest BCUT2D eigenvalue weighted by Crippen LogP contribution is -2.24. The molecule has 2 aromatic rings. The van der Waals surface area contributed by atoms with E-state index in [9.17, 15) is 0 Å². The topological polar surface area (TPSA) is 36.3 Å². The molecule has 3 nitrogen and oxygen atoms in total. The van der Waals surface area contributed by atoms with Gasteiger partial charge < -0.3 is 4.74 Å². The summed E-state index contributed by atoms with van der Waals surface area (Å²) in [6.45, 7) is 11.8. The van der Waals surface area contributed by atoms with Crippen LogP contribution in [-0.4, -0.2) is 18.0 Å². The number of rotatable bonds is 9. The zero-order chi connectivity index (χ0) is 21.8. The van der Waals surface area contributed by atoms with E-state index in [1.165, 1.54) is 5.56 Å². The Balaban J connectivity index is 0.00000480. The summed E-state index contributed by atoms with van der Waals surface area (Å²) in [6.07, 6.45) is 5.20. The van der Waals surface area contributed by atoms with Gasteiger partial charge in [-0.3, -0.25) is 4.90 Å². The number of ether oxygens (including phenoxy) is 1. The van der Waals surface area contributed by atoms with E-state index in [2.05, 4.69) is 68.7 Å². The first-order valence-corrected chi connectivity index (χ1v) is 10.5. The van der Waals surface area contributed by atoms with Gasteiger partial charge in [-0.15, -0.1) is 12.4 Å². The first-order valence-electron chi connectivity index (χ1n) is 10.5. The zero-order valence-electron chi connectivity index (χ0n) is 19.0. The molecule has 4 heteroatoms. The van der Waals surface area contributed by atoms with E-state index in [1.807, 2.05) is 36.4 Å². The Labute approximate surface area is 194 Å². The minimum Gasteiger partial charge on any atom is -0.489 e. The third-order valence-corrected chi connectivity index (χ3v) is 4.32. The van der Waals surface area contributed by atoms with E-state index in [4.69, 9.17) is 10.00 Å². The van der Waals surface area contributed by atoms with E-state index < -0.39 is 0 Å². The van der Waals surface area contributed by atoms with Gasteiger partial charge in [-0.25, -0.2) is 0 Å². The van der Waals surface area contributed by atoms with Gasteiger partial charge in [-0.2, -0.15) is 5.26 Å². The molecule has 0 aliphatic carbocycles. The Bertz CT molecular complexity index is 942. The van der Waals surface area contributed by atoms with Crippen molar-refractivity contribution in [2.75, 3.05) is 13.1 Å². The number of hydrogen-bond acceptors (Lipinski definition) is 3. The maximum atomic E-state index is 9.03. The van der Waals surface area contributed by atoms with Crippen molar-refractivity contribution < 1.29 is 4.74 Å². The molecule has 0 unspecified atom stereocenters. The van der Waals surface area contributed by atoms with Crippen molar-refractivity contribution >= 4 is 12.4 Å². The summed E-state index contributed by atoms with van der Waals surface area (Å²) in [4.78, 5) is 2.41. The van der Waals surface area contributed by atoms with Crippen LogP contribution in [0.2, 0.25) is 0 Å². The van der Waals surface area contributed by atoms with Gasteiger partial charge in [-0.1, -0.05) is 49.1 Å². The summed E-state index contributed by atoms with van der Waals surface area (Å²) in [5.74, 6) is 7.21. The molecule has 0 N–H and O–H groups in total. The molecule has 0 saturated carbocycles. The van der Waals surface area contributed by atoms with Crippen LogP contribution in [0.1, 0.15) is 50.8 Å². The van der Waals surface area contributed by atoms with Gasteiger partial charge in [0.25, 0.3) is 0 Å². The highest BCUT2D eigenvalue weighted by atomic mass is 35.5. The normalized spacial score (nSPS) is 10.8. The van der Waals surface area contributed by atoms with Crippen LogP contribution in [0.15, 0.2) is 60.7 Å². The zero-order valence-corrected chi connectivity index (χ0v) is 19.8. The van der Waals surface area contributed by atoms with E-state index >= 15 is 0 Å². The molecule has 2 rings (SSSR count). The molecule has 31 heavy (non-hydrogen) atoms. The Kier molecular flexibility index (Phi) is 11.5. The van der Waals surface area contributed by atoms with Gasteiger partial charge >= 0.3 is 0 Å². The Hall–Kier alpha value is -2.72. The summed E-state index contributed by atoms with van der Waals surface area (Å²) in [5, 5.41) is 9.03. The van der Waals surface area contributed by atoms with Crippen molar-refractivity contribution in [2.45, 2.75) is 47.3 Å². The molecule has 0 spiro atoms. The molecule has 164 valence electrons. The van der Waals surface area contributed by atoms with Crippen molar-refractivity contribution in [3.05, 3.63) is 77.4 Å². The van der Waals surface area contributed by atoms with Gasteiger partial charge in [0.2, 0.25) is 0 Å². The minimum atomic E-state index is 0. The highest BCUT2D eigenvalue weighted by Gasteiger charge is 2.06. The smallest absolute Gasteiger partial charge is 0.120 e. The van der Waals surface area contributed by atoms with Crippen LogP contribution in [-0.2, 0) is 13.2 Å². The molecule has 0 aromatic heterocycles. The lowest BCUT2D eigenvalue weighted by Gasteiger charge is -2.20. The van der Waals surface area contributed by atoms with E-state index in [0.717, 1.165) is 37.4 Å². The highest BCUT2D eigenvalue weighted by molar-refractivity contribution is 5.85. The van der Waals surface area contributed by atoms with E-state index in [-0.39, 0.29) is 17.8 Å². The Morgan fingerprint density at radius 1 is 1.06 bits per heavy atom. The molecular weight excluding hydrogens is 404 g/mol. The van der Waals surface area contributed by atoms with Gasteiger partial charge in [0.15, 0.2) is 0 Å². The minimum absolute atomic E-state index is 0. The predicted molar refractivity (Wildman–Crippen MR) is 131 cm³/mol. The average Bonchev–Trinajstić information content (AvgIpc) is 2.72. The fourth-order valence-electron chi connectivity index (χ4n) is 2.96. The first kappa shape index (κ1) is 26.3. The van der Waals surface area contributed by atoms with Crippen LogP contribution in [0.4, 0.5) is 0 Å².